The number of thiazole rings is 1. The molecular formula is C24H23N3OS. The van der Waals surface area contributed by atoms with E-state index in [4.69, 9.17) is 0 Å². The van der Waals surface area contributed by atoms with E-state index >= 15 is 0 Å². The molecule has 0 bridgehead atoms. The van der Waals surface area contributed by atoms with Crippen molar-refractivity contribution in [2.24, 2.45) is 10.2 Å². The molecule has 0 N–H and O–H groups in total. The third-order valence-electron chi connectivity index (χ3n) is 5.18. The topological polar surface area (TPSA) is 51.7 Å². The minimum atomic E-state index is 0.330. The van der Waals surface area contributed by atoms with Gasteiger partial charge in [-0.05, 0) is 64.5 Å². The van der Waals surface area contributed by atoms with E-state index in [0.717, 1.165) is 27.1 Å². The average molecular weight is 402 g/mol. The van der Waals surface area contributed by atoms with Gasteiger partial charge in [0.15, 0.2) is 0 Å². The molecule has 0 unspecified atom stereocenters. The highest BCUT2D eigenvalue weighted by molar-refractivity contribution is 7.13. The van der Waals surface area contributed by atoms with Gasteiger partial charge in [-0.1, -0.05) is 62.4 Å². The summed E-state index contributed by atoms with van der Waals surface area (Å²) < 4.78 is 0.852. The summed E-state index contributed by atoms with van der Waals surface area (Å²) in [4.78, 5) is 0. The van der Waals surface area contributed by atoms with Gasteiger partial charge in [-0.15, -0.1) is 0 Å². The van der Waals surface area contributed by atoms with Crippen LogP contribution in [0, 0.1) is 19.1 Å². The molecule has 5 heteroatoms. The summed E-state index contributed by atoms with van der Waals surface area (Å²) >= 11 is 1.30. The van der Waals surface area contributed by atoms with Crippen LogP contribution in [-0.4, -0.2) is 0 Å². The molecule has 29 heavy (non-hydrogen) atoms. The van der Waals surface area contributed by atoms with Crippen LogP contribution in [-0.2, 0) is 0 Å². The van der Waals surface area contributed by atoms with Gasteiger partial charge >= 0.3 is 5.13 Å². The Morgan fingerprint density at radius 1 is 0.931 bits per heavy atom. The second-order valence-corrected chi connectivity index (χ2v) is 8.42. The molecule has 2 aliphatic rings. The zero-order valence-electron chi connectivity index (χ0n) is 17.0. The number of hydrogen-bond acceptors (Lipinski definition) is 4. The highest BCUT2D eigenvalue weighted by Crippen LogP contribution is 2.41. The van der Waals surface area contributed by atoms with E-state index in [0.29, 0.717) is 16.7 Å². The predicted octanol–water partition coefficient (Wildman–Crippen LogP) is 7.31. The lowest BCUT2D eigenvalue weighted by Crippen LogP contribution is -2.25. The quantitative estimate of drug-likeness (QED) is 0.201. The molecule has 1 heterocycles. The average Bonchev–Trinajstić information content (AvgIpc) is 3.16. The number of benzene rings is 1. The van der Waals surface area contributed by atoms with E-state index in [2.05, 4.69) is 56.1 Å². The fraction of sp³-hybridized carbons (Fsp3) is 0.208. The van der Waals surface area contributed by atoms with Crippen molar-refractivity contribution in [1.82, 2.24) is 0 Å². The molecular weight excluding hydrogens is 378 g/mol. The molecule has 0 fully saturated rings. The fourth-order valence-electron chi connectivity index (χ4n) is 3.51. The molecule has 4 nitrogen and oxygen atoms in total. The highest BCUT2D eigenvalue weighted by Gasteiger charge is 2.19. The summed E-state index contributed by atoms with van der Waals surface area (Å²) in [6, 6.07) is 18.2. The lowest BCUT2D eigenvalue weighted by molar-refractivity contribution is -0.575. The third-order valence-corrected chi connectivity index (χ3v) is 5.98. The van der Waals surface area contributed by atoms with Gasteiger partial charge < -0.3 is 5.21 Å². The summed E-state index contributed by atoms with van der Waals surface area (Å²) in [6.45, 7) is 8.58. The van der Waals surface area contributed by atoms with Gasteiger partial charge in [0, 0.05) is 16.5 Å². The largest absolute Gasteiger partial charge is 0.709 e. The summed E-state index contributed by atoms with van der Waals surface area (Å²) in [6.07, 6.45) is 0. The zero-order valence-corrected chi connectivity index (χ0v) is 17.8. The molecule has 0 aliphatic heterocycles. The number of azo groups is 1. The Morgan fingerprint density at radius 3 is 2.41 bits per heavy atom. The molecule has 4 rings (SSSR count). The van der Waals surface area contributed by atoms with E-state index < -0.39 is 0 Å². The maximum Gasteiger partial charge on any atom is 0.411 e. The van der Waals surface area contributed by atoms with Crippen LogP contribution < -0.4 is 4.73 Å². The fourth-order valence-corrected chi connectivity index (χ4v) is 4.24. The Bertz CT molecular complexity index is 1160. The number of hydrogen-bond donors (Lipinski definition) is 0. The van der Waals surface area contributed by atoms with Gasteiger partial charge in [-0.2, -0.15) is 0 Å². The second-order valence-electron chi connectivity index (χ2n) is 7.58. The predicted molar refractivity (Wildman–Crippen MR) is 120 cm³/mol. The van der Waals surface area contributed by atoms with E-state index in [1.807, 2.05) is 41.8 Å². The first-order chi connectivity index (χ1) is 14.0. The number of nitrogens with zero attached hydrogens (tertiary/aromatic N) is 3. The van der Waals surface area contributed by atoms with Crippen LogP contribution in [0.1, 0.15) is 36.5 Å². The Labute approximate surface area is 175 Å². The Balaban J connectivity index is 1.73. The zero-order chi connectivity index (χ0) is 20.5. The molecule has 0 radical (unpaired) electrons. The van der Waals surface area contributed by atoms with Crippen LogP contribution in [0.25, 0.3) is 22.4 Å². The van der Waals surface area contributed by atoms with Gasteiger partial charge in [0.25, 0.3) is 0 Å². The molecule has 146 valence electrons. The normalized spacial score (nSPS) is 11.8. The summed E-state index contributed by atoms with van der Waals surface area (Å²) in [7, 11) is 0. The van der Waals surface area contributed by atoms with Crippen LogP contribution in [0.3, 0.4) is 0 Å². The Morgan fingerprint density at radius 2 is 1.69 bits per heavy atom. The van der Waals surface area contributed by atoms with Crippen molar-refractivity contribution < 1.29 is 4.73 Å². The lowest BCUT2D eigenvalue weighted by atomic mass is 10.0. The standard InChI is InChI=1S/C24H23N3OS/c1-15(2)19-11-10-16(3)23-20(13-19)17(4)12-21(23)25-26-24-27(28)22(14-29-24)18-8-6-5-7-9-18/h5-15H,1-4H3. The van der Waals surface area contributed by atoms with Crippen LogP contribution in [0.2, 0.25) is 0 Å². The van der Waals surface area contributed by atoms with E-state index in [1.54, 1.807) is 0 Å². The van der Waals surface area contributed by atoms with Crippen molar-refractivity contribution in [3.05, 3.63) is 81.9 Å². The molecule has 0 saturated heterocycles. The smallest absolute Gasteiger partial charge is 0.411 e. The van der Waals surface area contributed by atoms with Crippen molar-refractivity contribution in [2.75, 3.05) is 0 Å². The number of rotatable bonds is 4. The van der Waals surface area contributed by atoms with Crippen molar-refractivity contribution in [3.8, 4) is 22.4 Å². The molecule has 1 aromatic heterocycles. The molecule has 0 amide bonds. The lowest BCUT2D eigenvalue weighted by Gasteiger charge is -2.03. The molecule has 2 aliphatic carbocycles. The second kappa shape index (κ2) is 7.76. The van der Waals surface area contributed by atoms with Gasteiger partial charge in [-0.3, -0.25) is 0 Å². The van der Waals surface area contributed by atoms with Crippen molar-refractivity contribution in [1.29, 1.82) is 0 Å². The minimum Gasteiger partial charge on any atom is -0.709 e. The van der Waals surface area contributed by atoms with Crippen LogP contribution in [0.5, 0.6) is 0 Å². The SMILES string of the molecule is Cc1cc(N=Nc2scc(-c3ccccc3)[n+]2[O-])c2c(C)ccc(C(C)C)cc1-2. The van der Waals surface area contributed by atoms with Gasteiger partial charge in [0.05, 0.1) is 5.11 Å². The van der Waals surface area contributed by atoms with Gasteiger partial charge in [-0.25, -0.2) is 4.73 Å². The van der Waals surface area contributed by atoms with Crippen LogP contribution >= 0.6 is 11.3 Å². The molecule has 0 atom stereocenters. The molecule has 0 spiro atoms. The Hall–Kier alpha value is -3.05. The summed E-state index contributed by atoms with van der Waals surface area (Å²) in [5.41, 5.74) is 8.17. The summed E-state index contributed by atoms with van der Waals surface area (Å²) in [5.74, 6) is 0.450. The highest BCUT2D eigenvalue weighted by atomic mass is 32.1. The Kier molecular flexibility index (Phi) is 5.16. The van der Waals surface area contributed by atoms with E-state index in [-0.39, 0.29) is 0 Å². The first kappa shape index (κ1) is 19.3. The van der Waals surface area contributed by atoms with Crippen molar-refractivity contribution in [3.63, 3.8) is 0 Å². The van der Waals surface area contributed by atoms with E-state index in [1.165, 1.54) is 28.0 Å². The van der Waals surface area contributed by atoms with Crippen molar-refractivity contribution in [2.45, 2.75) is 33.6 Å². The third kappa shape index (κ3) is 3.66. The summed E-state index contributed by atoms with van der Waals surface area (Å²) in [5, 5.41) is 23.6. The van der Waals surface area contributed by atoms with Crippen molar-refractivity contribution >= 4 is 22.2 Å². The van der Waals surface area contributed by atoms with Crippen LogP contribution in [0.4, 0.5) is 10.8 Å². The maximum atomic E-state index is 12.7. The molecule has 0 saturated carbocycles. The maximum absolute atomic E-state index is 12.7. The molecule has 1 aromatic carbocycles. The number of aryl methyl sites for hydroxylation is 2. The number of aromatic nitrogens is 1. The van der Waals surface area contributed by atoms with Crippen LogP contribution in [0.15, 0.2) is 70.2 Å². The van der Waals surface area contributed by atoms with E-state index in [9.17, 15) is 5.21 Å². The first-order valence-electron chi connectivity index (χ1n) is 9.67. The minimum absolute atomic E-state index is 0.330. The molecule has 2 aromatic rings. The van der Waals surface area contributed by atoms with Gasteiger partial charge in [0.1, 0.15) is 11.4 Å². The van der Waals surface area contributed by atoms with Gasteiger partial charge in [0.2, 0.25) is 0 Å². The monoisotopic (exact) mass is 401 g/mol. The number of fused-ring (bicyclic) bond motifs is 1. The first-order valence-corrected chi connectivity index (χ1v) is 10.6.